The maximum atomic E-state index is 13.0. The van der Waals surface area contributed by atoms with Crippen LogP contribution in [0.5, 0.6) is 11.5 Å². The Hall–Kier alpha value is -3.85. The van der Waals surface area contributed by atoms with Gasteiger partial charge in [-0.1, -0.05) is 23.7 Å². The summed E-state index contributed by atoms with van der Waals surface area (Å²) in [6.45, 7) is -0.397. The molecule has 2 aromatic carbocycles. The summed E-state index contributed by atoms with van der Waals surface area (Å²) < 4.78 is 16.3. The van der Waals surface area contributed by atoms with Crippen molar-refractivity contribution in [2.45, 2.75) is 12.5 Å². The molecule has 0 saturated heterocycles. The van der Waals surface area contributed by atoms with Gasteiger partial charge < -0.3 is 13.9 Å². The second-order valence-electron chi connectivity index (χ2n) is 6.91. The van der Waals surface area contributed by atoms with E-state index >= 15 is 0 Å². The number of ether oxygens (including phenoxy) is 2. The van der Waals surface area contributed by atoms with Crippen LogP contribution in [0.2, 0.25) is 5.02 Å². The van der Waals surface area contributed by atoms with E-state index in [0.717, 1.165) is 5.56 Å². The van der Waals surface area contributed by atoms with Gasteiger partial charge in [0.2, 0.25) is 0 Å². The molecule has 1 aromatic heterocycles. The van der Waals surface area contributed by atoms with Gasteiger partial charge in [0.25, 0.3) is 11.6 Å². The predicted molar refractivity (Wildman–Crippen MR) is 116 cm³/mol. The fourth-order valence-electron chi connectivity index (χ4n) is 3.36. The highest BCUT2D eigenvalue weighted by molar-refractivity contribution is 6.30. The molecule has 0 N–H and O–H groups in total. The zero-order valence-electron chi connectivity index (χ0n) is 16.9. The summed E-state index contributed by atoms with van der Waals surface area (Å²) in [4.78, 5) is 23.5. The molecule has 2 heterocycles. The van der Waals surface area contributed by atoms with Crippen LogP contribution in [-0.4, -0.2) is 35.3 Å². The number of nitro benzene ring substituents is 1. The Morgan fingerprint density at radius 2 is 2.03 bits per heavy atom. The van der Waals surface area contributed by atoms with Crippen molar-refractivity contribution in [2.24, 2.45) is 5.10 Å². The number of amides is 1. The molecule has 9 nitrogen and oxygen atoms in total. The second kappa shape index (κ2) is 9.11. The molecule has 4 rings (SSSR count). The first-order chi connectivity index (χ1) is 15.5. The van der Waals surface area contributed by atoms with Crippen molar-refractivity contribution in [3.8, 4) is 11.5 Å². The Kier molecular flexibility index (Phi) is 6.09. The SMILES string of the molecule is COc1ccc([N+](=O)[O-])cc1OCC(=O)N1N=C(c2ccc(Cl)cc2)CC1c1ccco1. The number of carbonyl (C=O) groups excluding carboxylic acids is 1. The number of nitro groups is 1. The van der Waals surface area contributed by atoms with E-state index in [1.165, 1.54) is 36.6 Å². The summed E-state index contributed by atoms with van der Waals surface area (Å²) in [5.74, 6) is 0.506. The van der Waals surface area contributed by atoms with Gasteiger partial charge in [-0.05, 0) is 35.9 Å². The fraction of sp³-hybridized carbons (Fsp3) is 0.182. The minimum absolute atomic E-state index is 0.0886. The van der Waals surface area contributed by atoms with Gasteiger partial charge in [-0.15, -0.1) is 0 Å². The van der Waals surface area contributed by atoms with E-state index in [4.69, 9.17) is 25.5 Å². The highest BCUT2D eigenvalue weighted by atomic mass is 35.5. The normalized spacial score (nSPS) is 15.4. The molecule has 1 aliphatic rings. The molecule has 1 aliphatic heterocycles. The number of methoxy groups -OCH3 is 1. The number of furan rings is 1. The summed E-state index contributed by atoms with van der Waals surface area (Å²) in [5.41, 5.74) is 1.36. The van der Waals surface area contributed by atoms with Crippen molar-refractivity contribution < 1.29 is 23.6 Å². The van der Waals surface area contributed by atoms with E-state index in [9.17, 15) is 14.9 Å². The third-order valence-corrected chi connectivity index (χ3v) is 5.18. The van der Waals surface area contributed by atoms with Crippen molar-refractivity contribution in [3.05, 3.63) is 87.3 Å². The van der Waals surface area contributed by atoms with Crippen LogP contribution < -0.4 is 9.47 Å². The lowest BCUT2D eigenvalue weighted by Crippen LogP contribution is -2.31. The third kappa shape index (κ3) is 4.42. The molecule has 0 bridgehead atoms. The van der Waals surface area contributed by atoms with Crippen molar-refractivity contribution in [2.75, 3.05) is 13.7 Å². The molecule has 1 atom stereocenters. The number of benzene rings is 2. The van der Waals surface area contributed by atoms with E-state index in [0.29, 0.717) is 22.9 Å². The van der Waals surface area contributed by atoms with Crippen molar-refractivity contribution >= 4 is 28.9 Å². The molecule has 3 aromatic rings. The first-order valence-corrected chi connectivity index (χ1v) is 9.98. The standard InChI is InChI=1S/C22H18ClN3O6/c1-30-20-9-8-16(26(28)29)11-21(20)32-13-22(27)25-18(19-3-2-10-31-19)12-17(24-25)14-4-6-15(23)7-5-14/h2-11,18H,12-13H2,1H3. The Labute approximate surface area is 187 Å². The summed E-state index contributed by atoms with van der Waals surface area (Å²) in [6, 6.07) is 14.2. The number of non-ortho nitro benzene ring substituents is 1. The summed E-state index contributed by atoms with van der Waals surface area (Å²) >= 11 is 5.97. The average molecular weight is 456 g/mol. The Morgan fingerprint density at radius 3 is 2.69 bits per heavy atom. The lowest BCUT2D eigenvalue weighted by molar-refractivity contribution is -0.385. The van der Waals surface area contributed by atoms with Gasteiger partial charge >= 0.3 is 0 Å². The Bertz CT molecular complexity index is 1160. The smallest absolute Gasteiger partial charge is 0.281 e. The predicted octanol–water partition coefficient (Wildman–Crippen LogP) is 4.61. The quantitative estimate of drug-likeness (QED) is 0.380. The zero-order chi connectivity index (χ0) is 22.7. The van der Waals surface area contributed by atoms with E-state index < -0.39 is 23.5 Å². The number of rotatable bonds is 7. The van der Waals surface area contributed by atoms with Gasteiger partial charge in [0, 0.05) is 17.5 Å². The van der Waals surface area contributed by atoms with E-state index in [-0.39, 0.29) is 17.2 Å². The molecule has 1 unspecified atom stereocenters. The van der Waals surface area contributed by atoms with Gasteiger partial charge in [-0.25, -0.2) is 5.01 Å². The Morgan fingerprint density at radius 1 is 1.25 bits per heavy atom. The van der Waals surface area contributed by atoms with Crippen LogP contribution in [0.15, 0.2) is 70.4 Å². The van der Waals surface area contributed by atoms with Crippen LogP contribution in [0.25, 0.3) is 0 Å². The van der Waals surface area contributed by atoms with Gasteiger partial charge in [-0.2, -0.15) is 5.10 Å². The van der Waals surface area contributed by atoms with Crippen molar-refractivity contribution in [3.63, 3.8) is 0 Å². The molecule has 32 heavy (non-hydrogen) atoms. The molecule has 0 spiro atoms. The minimum Gasteiger partial charge on any atom is -0.493 e. The molecule has 0 radical (unpaired) electrons. The largest absolute Gasteiger partial charge is 0.493 e. The lowest BCUT2D eigenvalue weighted by Gasteiger charge is -2.20. The van der Waals surface area contributed by atoms with E-state index in [1.54, 1.807) is 24.3 Å². The summed E-state index contributed by atoms with van der Waals surface area (Å²) in [6.07, 6.45) is 1.98. The Balaban J connectivity index is 1.57. The van der Waals surface area contributed by atoms with Crippen LogP contribution in [0.4, 0.5) is 5.69 Å². The average Bonchev–Trinajstić information content (AvgIpc) is 3.47. The molecule has 0 aliphatic carbocycles. The van der Waals surface area contributed by atoms with Crippen molar-refractivity contribution in [1.82, 2.24) is 5.01 Å². The van der Waals surface area contributed by atoms with Crippen molar-refractivity contribution in [1.29, 1.82) is 0 Å². The van der Waals surface area contributed by atoms with Gasteiger partial charge in [0.05, 0.1) is 30.1 Å². The molecular weight excluding hydrogens is 438 g/mol. The van der Waals surface area contributed by atoms with E-state index in [2.05, 4.69) is 5.10 Å². The van der Waals surface area contributed by atoms with Gasteiger partial charge in [0.1, 0.15) is 11.8 Å². The van der Waals surface area contributed by atoms with E-state index in [1.807, 2.05) is 12.1 Å². The highest BCUT2D eigenvalue weighted by Gasteiger charge is 2.35. The number of carbonyl (C=O) groups is 1. The fourth-order valence-corrected chi connectivity index (χ4v) is 3.48. The van der Waals surface area contributed by atoms with Crippen LogP contribution in [-0.2, 0) is 4.79 Å². The molecule has 164 valence electrons. The first kappa shape index (κ1) is 21.4. The lowest BCUT2D eigenvalue weighted by atomic mass is 10.0. The maximum Gasteiger partial charge on any atom is 0.281 e. The zero-order valence-corrected chi connectivity index (χ0v) is 17.7. The van der Waals surface area contributed by atoms with Crippen LogP contribution in [0.3, 0.4) is 0 Å². The minimum atomic E-state index is -0.551. The molecular formula is C22H18ClN3O6. The first-order valence-electron chi connectivity index (χ1n) is 9.60. The second-order valence-corrected chi connectivity index (χ2v) is 7.34. The number of halogens is 1. The molecule has 0 fully saturated rings. The molecule has 0 saturated carbocycles. The summed E-state index contributed by atoms with van der Waals surface area (Å²) in [5, 5.41) is 17.5. The van der Waals surface area contributed by atoms with Crippen LogP contribution in [0, 0.1) is 10.1 Å². The topological polar surface area (TPSA) is 107 Å². The van der Waals surface area contributed by atoms with Gasteiger partial charge in [-0.3, -0.25) is 14.9 Å². The van der Waals surface area contributed by atoms with Gasteiger partial charge in [0.15, 0.2) is 18.1 Å². The number of nitrogens with zero attached hydrogens (tertiary/aromatic N) is 3. The number of hydrogen-bond acceptors (Lipinski definition) is 7. The third-order valence-electron chi connectivity index (χ3n) is 4.92. The summed E-state index contributed by atoms with van der Waals surface area (Å²) in [7, 11) is 1.41. The highest BCUT2D eigenvalue weighted by Crippen LogP contribution is 2.34. The van der Waals surface area contributed by atoms with Crippen LogP contribution in [0.1, 0.15) is 23.8 Å². The van der Waals surface area contributed by atoms with Crippen LogP contribution >= 0.6 is 11.6 Å². The maximum absolute atomic E-state index is 13.0. The molecule has 1 amide bonds. The monoisotopic (exact) mass is 455 g/mol. The number of hydrogen-bond donors (Lipinski definition) is 0. The molecule has 10 heteroatoms. The number of hydrazone groups is 1.